The van der Waals surface area contributed by atoms with Crippen LogP contribution in [0.5, 0.6) is 0 Å². The van der Waals surface area contributed by atoms with E-state index in [9.17, 15) is 19.5 Å². The van der Waals surface area contributed by atoms with E-state index in [1.807, 2.05) is 30.3 Å². The molecular weight excluding hydrogens is 621 g/mol. The number of imidazole rings is 1. The first-order valence-electron chi connectivity index (χ1n) is 13.4. The van der Waals surface area contributed by atoms with Crippen molar-refractivity contribution in [2.45, 2.75) is 12.5 Å². The number of nitrogens with one attached hydrogen (secondary N) is 3. The molecule has 0 aliphatic rings. The lowest BCUT2D eigenvalue weighted by molar-refractivity contribution is -0.117. The average Bonchev–Trinajstić information content (AvgIpc) is 3.68. The van der Waals surface area contributed by atoms with E-state index in [2.05, 4.69) is 30.7 Å². The minimum absolute atomic E-state index is 0.230. The highest BCUT2D eigenvalue weighted by molar-refractivity contribution is 6.32. The van der Waals surface area contributed by atoms with Gasteiger partial charge in [-0.2, -0.15) is 0 Å². The Bertz CT molecular complexity index is 1870. The van der Waals surface area contributed by atoms with Gasteiger partial charge in [-0.15, -0.1) is 5.10 Å². The molecule has 0 radical (unpaired) electrons. The summed E-state index contributed by atoms with van der Waals surface area (Å²) in [6.07, 6.45) is 3.96. The number of amides is 2. The monoisotopic (exact) mass is 645 g/mol. The van der Waals surface area contributed by atoms with Crippen molar-refractivity contribution >= 4 is 52.9 Å². The molecule has 0 fully saturated rings. The molecule has 2 amide bonds. The predicted octanol–water partition coefficient (Wildman–Crippen LogP) is 5.95. The quantitative estimate of drug-likeness (QED) is 0.135. The Morgan fingerprint density at radius 3 is 2.51 bits per heavy atom. The van der Waals surface area contributed by atoms with Crippen molar-refractivity contribution in [2.24, 2.45) is 0 Å². The first-order chi connectivity index (χ1) is 21.7. The maximum atomic E-state index is 13.3. The van der Waals surface area contributed by atoms with Crippen LogP contribution in [0.3, 0.4) is 0 Å². The van der Waals surface area contributed by atoms with Crippen molar-refractivity contribution in [2.75, 3.05) is 12.4 Å². The average molecular weight is 646 g/mol. The fourth-order valence-corrected chi connectivity index (χ4v) is 4.83. The molecule has 0 bridgehead atoms. The number of aromatic carboxylic acids is 1. The van der Waals surface area contributed by atoms with Crippen LogP contribution in [0.25, 0.3) is 23.0 Å². The van der Waals surface area contributed by atoms with Gasteiger partial charge in [0.05, 0.1) is 25.0 Å². The second-order valence-corrected chi connectivity index (χ2v) is 10.4. The summed E-state index contributed by atoms with van der Waals surface area (Å²) in [5.74, 6) is -1.21. The van der Waals surface area contributed by atoms with E-state index in [0.29, 0.717) is 45.5 Å². The van der Waals surface area contributed by atoms with E-state index < -0.39 is 24.0 Å². The summed E-state index contributed by atoms with van der Waals surface area (Å²) in [4.78, 5) is 43.9. The molecule has 0 aliphatic carbocycles. The molecule has 0 spiro atoms. The summed E-state index contributed by atoms with van der Waals surface area (Å²) in [5, 5.41) is 23.0. The largest absolute Gasteiger partial charge is 0.476 e. The number of methoxy groups -OCH3 is 1. The highest BCUT2D eigenvalue weighted by Crippen LogP contribution is 2.30. The molecule has 228 valence electrons. The Hall–Kier alpha value is -5.46. The van der Waals surface area contributed by atoms with Crippen LogP contribution in [0.2, 0.25) is 10.2 Å². The Labute approximate surface area is 266 Å². The normalized spacial score (nSPS) is 11.7. The summed E-state index contributed by atoms with van der Waals surface area (Å²) < 4.78 is 5.91. The molecule has 0 aliphatic heterocycles. The SMILES string of the molecule is COC(=O)Nc1ccc(-c2nc([C@H](Cc3ccccc3)NC(=O)C=Cc3cc(Cl)ccc3-n3cc(C(=O)O)nn3)[nH]c2Cl)cc1. The number of carbonyl (C=O) groups excluding carboxylic acids is 2. The summed E-state index contributed by atoms with van der Waals surface area (Å²) in [6, 6.07) is 20.8. The van der Waals surface area contributed by atoms with Crippen molar-refractivity contribution in [3.63, 3.8) is 0 Å². The number of carbonyl (C=O) groups is 3. The number of nitrogens with zero attached hydrogens (tertiary/aromatic N) is 4. The Balaban J connectivity index is 1.40. The van der Waals surface area contributed by atoms with Crippen LogP contribution >= 0.6 is 23.2 Å². The Morgan fingerprint density at radius 1 is 1.07 bits per heavy atom. The van der Waals surface area contributed by atoms with Gasteiger partial charge in [-0.1, -0.05) is 70.9 Å². The molecular formula is C31H25Cl2N7O5. The van der Waals surface area contributed by atoms with Crippen molar-refractivity contribution < 1.29 is 24.2 Å². The zero-order chi connectivity index (χ0) is 31.9. The minimum Gasteiger partial charge on any atom is -0.476 e. The number of halogens is 2. The number of carboxylic acids is 1. The molecule has 0 saturated carbocycles. The van der Waals surface area contributed by atoms with Gasteiger partial charge in [0.2, 0.25) is 5.91 Å². The molecule has 5 aromatic rings. The number of carboxylic acid groups (broad SMARTS) is 1. The first-order valence-corrected chi connectivity index (χ1v) is 14.1. The van der Waals surface area contributed by atoms with Crippen LogP contribution in [-0.2, 0) is 16.0 Å². The van der Waals surface area contributed by atoms with Crippen molar-refractivity contribution in [1.82, 2.24) is 30.3 Å². The fourth-order valence-electron chi connectivity index (χ4n) is 4.40. The summed E-state index contributed by atoms with van der Waals surface area (Å²) in [7, 11) is 1.28. The van der Waals surface area contributed by atoms with Crippen LogP contribution in [0.1, 0.15) is 33.5 Å². The minimum atomic E-state index is -1.22. The lowest BCUT2D eigenvalue weighted by Crippen LogP contribution is -2.29. The van der Waals surface area contributed by atoms with E-state index in [1.165, 1.54) is 24.1 Å². The maximum Gasteiger partial charge on any atom is 0.411 e. The lowest BCUT2D eigenvalue weighted by Gasteiger charge is -2.16. The van der Waals surface area contributed by atoms with Gasteiger partial charge < -0.3 is 20.1 Å². The summed E-state index contributed by atoms with van der Waals surface area (Å²) in [6.45, 7) is 0. The summed E-state index contributed by atoms with van der Waals surface area (Å²) >= 11 is 12.8. The number of aromatic amines is 1. The Morgan fingerprint density at radius 2 is 1.82 bits per heavy atom. The van der Waals surface area contributed by atoms with Gasteiger partial charge in [-0.25, -0.2) is 19.3 Å². The van der Waals surface area contributed by atoms with Crippen molar-refractivity contribution in [3.8, 4) is 16.9 Å². The number of ether oxygens (including phenoxy) is 1. The third-order valence-electron chi connectivity index (χ3n) is 6.56. The van der Waals surface area contributed by atoms with Crippen molar-refractivity contribution in [3.05, 3.63) is 118 Å². The standard InChI is InChI=1S/C31H25Cl2N7O5/c1-45-31(44)34-22-11-7-19(8-12-22)27-28(33)37-29(36-27)23(15-18-5-3-2-4-6-18)35-26(41)14-9-20-16-21(32)10-13-25(20)40-17-24(30(42)43)38-39-40/h2-14,16-17,23H,15H2,1H3,(H,34,44)(H,35,41)(H,36,37)(H,42,43)/t23-/m0/s1. The van der Waals surface area contributed by atoms with E-state index in [4.69, 9.17) is 28.2 Å². The molecule has 45 heavy (non-hydrogen) atoms. The molecule has 4 N–H and O–H groups in total. The highest BCUT2D eigenvalue weighted by atomic mass is 35.5. The topological polar surface area (TPSA) is 164 Å². The predicted molar refractivity (Wildman–Crippen MR) is 168 cm³/mol. The van der Waals surface area contributed by atoms with Gasteiger partial charge in [-0.05, 0) is 48.4 Å². The first kappa shape index (κ1) is 31.0. The maximum absolute atomic E-state index is 13.3. The van der Waals surface area contributed by atoms with E-state index in [1.54, 1.807) is 48.5 Å². The molecule has 3 aromatic carbocycles. The highest BCUT2D eigenvalue weighted by Gasteiger charge is 2.21. The van der Waals surface area contributed by atoms with Crippen LogP contribution < -0.4 is 10.6 Å². The fraction of sp³-hybridized carbons (Fsp3) is 0.0968. The van der Waals surface area contributed by atoms with Crippen LogP contribution in [0.15, 0.2) is 85.1 Å². The Kier molecular flexibility index (Phi) is 9.56. The van der Waals surface area contributed by atoms with Gasteiger partial charge in [0, 0.05) is 27.9 Å². The third kappa shape index (κ3) is 7.74. The van der Waals surface area contributed by atoms with E-state index in [0.717, 1.165) is 5.56 Å². The zero-order valence-corrected chi connectivity index (χ0v) is 25.1. The lowest BCUT2D eigenvalue weighted by atomic mass is 10.1. The van der Waals surface area contributed by atoms with Gasteiger partial charge in [0.25, 0.3) is 0 Å². The number of hydrogen-bond donors (Lipinski definition) is 4. The molecule has 5 rings (SSSR count). The van der Waals surface area contributed by atoms with Crippen LogP contribution in [-0.4, -0.2) is 55.1 Å². The van der Waals surface area contributed by atoms with Gasteiger partial charge >= 0.3 is 12.1 Å². The number of hydrogen-bond acceptors (Lipinski definition) is 7. The molecule has 12 nitrogen and oxygen atoms in total. The number of anilines is 1. The van der Waals surface area contributed by atoms with E-state index in [-0.39, 0.29) is 10.8 Å². The van der Waals surface area contributed by atoms with Gasteiger partial charge in [0.1, 0.15) is 16.7 Å². The summed E-state index contributed by atoms with van der Waals surface area (Å²) in [5.41, 5.74) is 3.40. The van der Waals surface area contributed by atoms with Crippen LogP contribution in [0.4, 0.5) is 10.5 Å². The second kappa shape index (κ2) is 13.9. The molecule has 2 aromatic heterocycles. The van der Waals surface area contributed by atoms with Crippen LogP contribution in [0, 0.1) is 0 Å². The zero-order valence-electron chi connectivity index (χ0n) is 23.6. The molecule has 0 saturated heterocycles. The van der Waals surface area contributed by atoms with Crippen molar-refractivity contribution in [1.29, 1.82) is 0 Å². The molecule has 14 heteroatoms. The molecule has 0 unspecified atom stereocenters. The number of aromatic nitrogens is 5. The van der Waals surface area contributed by atoms with Gasteiger partial charge in [-0.3, -0.25) is 10.1 Å². The van der Waals surface area contributed by atoms with E-state index >= 15 is 0 Å². The number of benzene rings is 3. The molecule has 2 heterocycles. The molecule has 1 atom stereocenters. The number of rotatable bonds is 10. The number of H-pyrrole nitrogens is 1. The van der Waals surface area contributed by atoms with Gasteiger partial charge in [0.15, 0.2) is 5.69 Å². The third-order valence-corrected chi connectivity index (χ3v) is 7.07. The smallest absolute Gasteiger partial charge is 0.411 e. The second-order valence-electron chi connectivity index (χ2n) is 9.62.